The van der Waals surface area contributed by atoms with Crippen LogP contribution in [0.1, 0.15) is 28.8 Å². The molecular formula is C17H22F3N3O3. The van der Waals surface area contributed by atoms with Crippen molar-refractivity contribution in [3.63, 3.8) is 0 Å². The van der Waals surface area contributed by atoms with Gasteiger partial charge in [-0.1, -0.05) is 0 Å². The Hall–Kier alpha value is -2.13. The number of methoxy groups -OCH3 is 1. The van der Waals surface area contributed by atoms with Crippen LogP contribution in [0.3, 0.4) is 0 Å². The second kappa shape index (κ2) is 9.00. The average molecular weight is 373 g/mol. The van der Waals surface area contributed by atoms with Gasteiger partial charge in [0.15, 0.2) is 0 Å². The van der Waals surface area contributed by atoms with Crippen LogP contribution < -0.4 is 15.5 Å². The molecule has 0 aromatic heterocycles. The highest BCUT2D eigenvalue weighted by Gasteiger charge is 2.33. The Morgan fingerprint density at radius 1 is 1.23 bits per heavy atom. The average Bonchev–Trinajstić information content (AvgIpc) is 3.02. The quantitative estimate of drug-likeness (QED) is 0.682. The van der Waals surface area contributed by atoms with Gasteiger partial charge in [-0.05, 0) is 24.6 Å². The maximum atomic E-state index is 13.2. The Bertz CT molecular complexity index is 650. The third-order valence-electron chi connectivity index (χ3n) is 3.96. The van der Waals surface area contributed by atoms with Crippen molar-refractivity contribution in [2.45, 2.75) is 19.0 Å². The highest BCUT2D eigenvalue weighted by atomic mass is 19.4. The molecule has 2 rings (SSSR count). The molecule has 6 nitrogen and oxygen atoms in total. The van der Waals surface area contributed by atoms with Crippen molar-refractivity contribution in [2.24, 2.45) is 0 Å². The molecule has 2 amide bonds. The number of nitrogens with one attached hydrogen (secondary N) is 2. The van der Waals surface area contributed by atoms with Crippen molar-refractivity contribution in [3.8, 4) is 0 Å². The van der Waals surface area contributed by atoms with Gasteiger partial charge in [0.1, 0.15) is 0 Å². The highest BCUT2D eigenvalue weighted by Crippen LogP contribution is 2.34. The van der Waals surface area contributed by atoms with Gasteiger partial charge in [0.05, 0.1) is 12.2 Å². The topological polar surface area (TPSA) is 70.7 Å². The summed E-state index contributed by atoms with van der Waals surface area (Å²) < 4.78 is 44.4. The van der Waals surface area contributed by atoms with Gasteiger partial charge in [0.25, 0.3) is 5.91 Å². The van der Waals surface area contributed by atoms with Gasteiger partial charge in [-0.3, -0.25) is 9.59 Å². The number of hydrogen-bond acceptors (Lipinski definition) is 4. The SMILES string of the molecule is COCCNCCNC(=O)c1cc(N2CCCC2=O)cc(C(F)(F)F)c1. The maximum Gasteiger partial charge on any atom is 0.416 e. The molecule has 1 aliphatic heterocycles. The van der Waals surface area contributed by atoms with Crippen LogP contribution >= 0.6 is 0 Å². The molecule has 1 fully saturated rings. The number of carbonyl (C=O) groups excluding carboxylic acids is 2. The molecule has 0 bridgehead atoms. The number of hydrogen-bond donors (Lipinski definition) is 2. The summed E-state index contributed by atoms with van der Waals surface area (Å²) in [6, 6.07) is 3.04. The summed E-state index contributed by atoms with van der Waals surface area (Å²) in [5, 5.41) is 5.59. The van der Waals surface area contributed by atoms with Crippen molar-refractivity contribution in [2.75, 3.05) is 44.8 Å². The molecule has 0 radical (unpaired) electrons. The van der Waals surface area contributed by atoms with Crippen LogP contribution in [0, 0.1) is 0 Å². The number of halogens is 3. The predicted octanol–water partition coefficient (Wildman–Crippen LogP) is 1.80. The molecule has 26 heavy (non-hydrogen) atoms. The van der Waals surface area contributed by atoms with Crippen LogP contribution in [0.4, 0.5) is 18.9 Å². The number of benzene rings is 1. The van der Waals surface area contributed by atoms with E-state index in [4.69, 9.17) is 4.74 Å². The Labute approximate surface area is 149 Å². The van der Waals surface area contributed by atoms with Crippen LogP contribution in [-0.4, -0.2) is 51.7 Å². The monoisotopic (exact) mass is 373 g/mol. The van der Waals surface area contributed by atoms with Crippen molar-refractivity contribution >= 4 is 17.5 Å². The van der Waals surface area contributed by atoms with Crippen molar-refractivity contribution < 1.29 is 27.5 Å². The Balaban J connectivity index is 2.11. The van der Waals surface area contributed by atoms with E-state index in [0.29, 0.717) is 39.1 Å². The Kier molecular flexibility index (Phi) is 6.98. The predicted molar refractivity (Wildman–Crippen MR) is 90.1 cm³/mol. The number of amides is 2. The summed E-state index contributed by atoms with van der Waals surface area (Å²) in [5.74, 6) is -0.851. The molecule has 1 aliphatic rings. The third kappa shape index (κ3) is 5.43. The fourth-order valence-corrected chi connectivity index (χ4v) is 2.65. The molecule has 1 heterocycles. The Morgan fingerprint density at radius 2 is 2.00 bits per heavy atom. The van der Waals surface area contributed by atoms with Crippen LogP contribution in [0.25, 0.3) is 0 Å². The van der Waals surface area contributed by atoms with E-state index in [-0.39, 0.29) is 23.7 Å². The molecule has 1 aromatic carbocycles. The van der Waals surface area contributed by atoms with Gasteiger partial charge in [0.2, 0.25) is 5.91 Å². The second-order valence-corrected chi connectivity index (χ2v) is 5.91. The molecule has 9 heteroatoms. The van der Waals surface area contributed by atoms with Gasteiger partial charge >= 0.3 is 6.18 Å². The van der Waals surface area contributed by atoms with Crippen molar-refractivity contribution in [3.05, 3.63) is 29.3 Å². The first-order chi connectivity index (χ1) is 12.3. The zero-order valence-electron chi connectivity index (χ0n) is 14.5. The first kappa shape index (κ1) is 20.2. The fourth-order valence-electron chi connectivity index (χ4n) is 2.65. The van der Waals surface area contributed by atoms with Gasteiger partial charge in [-0.25, -0.2) is 0 Å². The zero-order valence-corrected chi connectivity index (χ0v) is 14.5. The van der Waals surface area contributed by atoms with E-state index in [2.05, 4.69) is 10.6 Å². The lowest BCUT2D eigenvalue weighted by Crippen LogP contribution is -2.33. The minimum absolute atomic E-state index is 0.102. The first-order valence-electron chi connectivity index (χ1n) is 8.33. The van der Waals surface area contributed by atoms with Crippen molar-refractivity contribution in [1.82, 2.24) is 10.6 Å². The minimum Gasteiger partial charge on any atom is -0.383 e. The summed E-state index contributed by atoms with van der Waals surface area (Å²) >= 11 is 0. The molecular weight excluding hydrogens is 351 g/mol. The molecule has 0 aliphatic carbocycles. The largest absolute Gasteiger partial charge is 0.416 e. The molecule has 2 N–H and O–H groups in total. The summed E-state index contributed by atoms with van der Waals surface area (Å²) in [7, 11) is 1.57. The number of nitrogens with zero attached hydrogens (tertiary/aromatic N) is 1. The standard InChI is InChI=1S/C17H22F3N3O3/c1-26-8-6-21-4-5-22-16(25)12-9-13(17(18,19)20)11-14(10-12)23-7-2-3-15(23)24/h9-11,21H,2-8H2,1H3,(H,22,25). The van der Waals surface area contributed by atoms with Crippen LogP contribution in [0.15, 0.2) is 18.2 Å². The molecule has 144 valence electrons. The number of alkyl halides is 3. The lowest BCUT2D eigenvalue weighted by molar-refractivity contribution is -0.137. The maximum absolute atomic E-state index is 13.2. The van der Waals surface area contributed by atoms with E-state index >= 15 is 0 Å². The van der Waals surface area contributed by atoms with Gasteiger partial charge in [0, 0.05) is 51.0 Å². The van der Waals surface area contributed by atoms with E-state index in [0.717, 1.165) is 12.1 Å². The van der Waals surface area contributed by atoms with Gasteiger partial charge in [-0.15, -0.1) is 0 Å². The van der Waals surface area contributed by atoms with E-state index < -0.39 is 17.6 Å². The third-order valence-corrected chi connectivity index (χ3v) is 3.96. The smallest absolute Gasteiger partial charge is 0.383 e. The molecule has 0 spiro atoms. The van der Waals surface area contributed by atoms with Crippen LogP contribution in [0.2, 0.25) is 0 Å². The molecule has 1 saturated heterocycles. The van der Waals surface area contributed by atoms with Gasteiger partial charge in [-0.2, -0.15) is 13.2 Å². The summed E-state index contributed by atoms with van der Waals surface area (Å²) in [4.78, 5) is 25.4. The molecule has 0 saturated carbocycles. The Morgan fingerprint density at radius 3 is 2.62 bits per heavy atom. The number of carbonyl (C=O) groups is 2. The van der Waals surface area contributed by atoms with E-state index in [1.165, 1.54) is 11.0 Å². The summed E-state index contributed by atoms with van der Waals surface area (Å²) in [6.45, 7) is 2.21. The number of rotatable bonds is 8. The summed E-state index contributed by atoms with van der Waals surface area (Å²) in [6.07, 6.45) is -3.72. The lowest BCUT2D eigenvalue weighted by atomic mass is 10.1. The van der Waals surface area contributed by atoms with E-state index in [9.17, 15) is 22.8 Å². The van der Waals surface area contributed by atoms with Gasteiger partial charge < -0.3 is 20.3 Å². The normalized spacial score (nSPS) is 14.8. The van der Waals surface area contributed by atoms with Crippen LogP contribution in [-0.2, 0) is 15.7 Å². The molecule has 0 atom stereocenters. The first-order valence-corrected chi connectivity index (χ1v) is 8.33. The minimum atomic E-state index is -4.60. The summed E-state index contributed by atoms with van der Waals surface area (Å²) in [5.41, 5.74) is -0.963. The van der Waals surface area contributed by atoms with E-state index in [1.54, 1.807) is 7.11 Å². The van der Waals surface area contributed by atoms with Crippen LogP contribution in [0.5, 0.6) is 0 Å². The fraction of sp³-hybridized carbons (Fsp3) is 0.529. The number of anilines is 1. The van der Waals surface area contributed by atoms with Crippen molar-refractivity contribution in [1.29, 1.82) is 0 Å². The zero-order chi connectivity index (χ0) is 19.2. The number of ether oxygens (including phenoxy) is 1. The van der Waals surface area contributed by atoms with E-state index in [1.807, 2.05) is 0 Å². The highest BCUT2D eigenvalue weighted by molar-refractivity contribution is 5.99. The molecule has 1 aromatic rings. The lowest BCUT2D eigenvalue weighted by Gasteiger charge is -2.19. The second-order valence-electron chi connectivity index (χ2n) is 5.91. The molecule has 0 unspecified atom stereocenters.